The van der Waals surface area contributed by atoms with Crippen molar-refractivity contribution in [2.75, 3.05) is 13.2 Å². The van der Waals surface area contributed by atoms with Gasteiger partial charge in [0.15, 0.2) is 11.5 Å². The summed E-state index contributed by atoms with van der Waals surface area (Å²) in [5.74, 6) is 1.88. The lowest BCUT2D eigenvalue weighted by molar-refractivity contribution is 0.0570. The van der Waals surface area contributed by atoms with E-state index in [2.05, 4.69) is 12.2 Å². The Kier molecular flexibility index (Phi) is 1.38. The van der Waals surface area contributed by atoms with Crippen molar-refractivity contribution in [3.05, 3.63) is 23.7 Å². The summed E-state index contributed by atoms with van der Waals surface area (Å²) in [6.07, 6.45) is 6.35. The van der Waals surface area contributed by atoms with E-state index in [9.17, 15) is 0 Å². The molecule has 0 saturated carbocycles. The van der Waals surface area contributed by atoms with Gasteiger partial charge in [-0.2, -0.15) is 0 Å². The van der Waals surface area contributed by atoms with Crippen molar-refractivity contribution in [2.24, 2.45) is 0 Å². The van der Waals surface area contributed by atoms with Gasteiger partial charge < -0.3 is 9.47 Å². The molecule has 0 N–H and O–H groups in total. The van der Waals surface area contributed by atoms with Gasteiger partial charge in [-0.1, -0.05) is 0 Å². The molecular weight excluding hydrogens is 128 g/mol. The quantitative estimate of drug-likeness (QED) is 0.506. The van der Waals surface area contributed by atoms with Crippen molar-refractivity contribution >= 4 is 0 Å². The van der Waals surface area contributed by atoms with Crippen molar-refractivity contribution in [3.63, 3.8) is 0 Å². The maximum atomic E-state index is 5.35. The number of ether oxygens (including phenoxy) is 2. The summed E-state index contributed by atoms with van der Waals surface area (Å²) in [6.45, 7) is 1.40. The van der Waals surface area contributed by atoms with Crippen LogP contribution >= 0.6 is 0 Å². The molecular formula is C8H10O2. The van der Waals surface area contributed by atoms with Crippen molar-refractivity contribution < 1.29 is 9.47 Å². The van der Waals surface area contributed by atoms with Crippen LogP contribution in [0.3, 0.4) is 0 Å². The summed E-state index contributed by atoms with van der Waals surface area (Å²) in [5, 5.41) is 0. The SMILES string of the molecule is C1=C2OCCOC2=CCC1. The van der Waals surface area contributed by atoms with E-state index >= 15 is 0 Å². The lowest BCUT2D eigenvalue weighted by Crippen LogP contribution is -2.15. The van der Waals surface area contributed by atoms with Crippen molar-refractivity contribution in [2.45, 2.75) is 12.8 Å². The largest absolute Gasteiger partial charge is 0.486 e. The number of hydrogen-bond acceptors (Lipinski definition) is 2. The topological polar surface area (TPSA) is 18.5 Å². The molecule has 54 valence electrons. The molecule has 2 aliphatic rings. The van der Waals surface area contributed by atoms with Crippen molar-refractivity contribution in [3.8, 4) is 0 Å². The Bertz CT molecular complexity index is 169. The zero-order valence-electron chi connectivity index (χ0n) is 5.80. The van der Waals surface area contributed by atoms with Crippen LogP contribution in [0.1, 0.15) is 12.8 Å². The van der Waals surface area contributed by atoms with Gasteiger partial charge in [0.2, 0.25) is 0 Å². The summed E-state index contributed by atoms with van der Waals surface area (Å²) in [6, 6.07) is 0. The average molecular weight is 138 g/mol. The summed E-state index contributed by atoms with van der Waals surface area (Å²) >= 11 is 0. The fourth-order valence-electron chi connectivity index (χ4n) is 1.19. The van der Waals surface area contributed by atoms with Crippen LogP contribution in [-0.2, 0) is 9.47 Å². The van der Waals surface area contributed by atoms with E-state index < -0.39 is 0 Å². The smallest absolute Gasteiger partial charge is 0.157 e. The molecule has 2 heteroatoms. The first-order valence-corrected chi connectivity index (χ1v) is 3.63. The Morgan fingerprint density at radius 3 is 1.90 bits per heavy atom. The summed E-state index contributed by atoms with van der Waals surface area (Å²) in [5.41, 5.74) is 0. The van der Waals surface area contributed by atoms with E-state index in [-0.39, 0.29) is 0 Å². The Hall–Kier alpha value is -0.920. The predicted molar refractivity (Wildman–Crippen MR) is 37.3 cm³/mol. The van der Waals surface area contributed by atoms with Crippen LogP contribution in [0.15, 0.2) is 23.7 Å². The van der Waals surface area contributed by atoms with Crippen LogP contribution in [0.25, 0.3) is 0 Å². The zero-order chi connectivity index (χ0) is 6.81. The molecule has 2 rings (SSSR count). The lowest BCUT2D eigenvalue weighted by atomic mass is 10.1. The Morgan fingerprint density at radius 2 is 1.40 bits per heavy atom. The van der Waals surface area contributed by atoms with Crippen LogP contribution in [-0.4, -0.2) is 13.2 Å². The summed E-state index contributed by atoms with van der Waals surface area (Å²) < 4.78 is 10.7. The molecule has 0 spiro atoms. The van der Waals surface area contributed by atoms with Crippen LogP contribution in [0.2, 0.25) is 0 Å². The standard InChI is InChI=1S/C8H10O2/c1-2-4-8-7(3-1)9-5-6-10-8/h3-4H,1-2,5-6H2. The predicted octanol–water partition coefficient (Wildman–Crippen LogP) is 1.59. The number of rotatable bonds is 0. The van der Waals surface area contributed by atoms with Crippen molar-refractivity contribution in [1.29, 1.82) is 0 Å². The number of hydrogen-bond donors (Lipinski definition) is 0. The first kappa shape index (κ1) is 5.83. The fourth-order valence-corrected chi connectivity index (χ4v) is 1.19. The van der Waals surface area contributed by atoms with E-state index in [0.29, 0.717) is 13.2 Å². The van der Waals surface area contributed by atoms with Gasteiger partial charge in [-0.25, -0.2) is 0 Å². The van der Waals surface area contributed by atoms with Crippen LogP contribution in [0.4, 0.5) is 0 Å². The van der Waals surface area contributed by atoms with E-state index in [4.69, 9.17) is 9.47 Å². The minimum absolute atomic E-state index is 0.698. The molecule has 0 aromatic rings. The van der Waals surface area contributed by atoms with E-state index in [1.54, 1.807) is 0 Å². The van der Waals surface area contributed by atoms with Gasteiger partial charge in [-0.05, 0) is 25.0 Å². The monoisotopic (exact) mass is 138 g/mol. The van der Waals surface area contributed by atoms with Crippen molar-refractivity contribution in [1.82, 2.24) is 0 Å². The van der Waals surface area contributed by atoms with Crippen LogP contribution in [0, 0.1) is 0 Å². The Balaban J connectivity index is 2.19. The number of allylic oxidation sites excluding steroid dienone is 2. The molecule has 0 aromatic carbocycles. The summed E-state index contributed by atoms with van der Waals surface area (Å²) in [7, 11) is 0. The molecule has 0 aromatic heterocycles. The molecule has 0 atom stereocenters. The maximum absolute atomic E-state index is 5.35. The van der Waals surface area contributed by atoms with Crippen LogP contribution < -0.4 is 0 Å². The zero-order valence-corrected chi connectivity index (χ0v) is 5.80. The second kappa shape index (κ2) is 2.37. The molecule has 10 heavy (non-hydrogen) atoms. The lowest BCUT2D eigenvalue weighted by Gasteiger charge is -2.22. The molecule has 0 amide bonds. The van der Waals surface area contributed by atoms with Gasteiger partial charge in [0.1, 0.15) is 13.2 Å². The third-order valence-corrected chi connectivity index (χ3v) is 1.67. The Morgan fingerprint density at radius 1 is 0.900 bits per heavy atom. The molecule has 0 unspecified atom stereocenters. The molecule has 1 aliphatic heterocycles. The molecule has 0 radical (unpaired) electrons. The highest BCUT2D eigenvalue weighted by Gasteiger charge is 2.15. The highest BCUT2D eigenvalue weighted by molar-refractivity contribution is 5.24. The third kappa shape index (κ3) is 0.897. The number of fused-ring (bicyclic) bond motifs is 1. The van der Waals surface area contributed by atoms with Gasteiger partial charge in [-0.15, -0.1) is 0 Å². The van der Waals surface area contributed by atoms with E-state index in [0.717, 1.165) is 24.4 Å². The average Bonchev–Trinajstić information content (AvgIpc) is 2.05. The minimum Gasteiger partial charge on any atom is -0.486 e. The maximum Gasteiger partial charge on any atom is 0.157 e. The van der Waals surface area contributed by atoms with Crippen LogP contribution in [0.5, 0.6) is 0 Å². The molecule has 1 saturated heterocycles. The summed E-state index contributed by atoms with van der Waals surface area (Å²) in [4.78, 5) is 0. The van der Waals surface area contributed by atoms with Gasteiger partial charge in [0.05, 0.1) is 0 Å². The van der Waals surface area contributed by atoms with Gasteiger partial charge in [0, 0.05) is 0 Å². The van der Waals surface area contributed by atoms with Gasteiger partial charge in [0.25, 0.3) is 0 Å². The third-order valence-electron chi connectivity index (χ3n) is 1.67. The minimum atomic E-state index is 0.698. The molecule has 1 aliphatic carbocycles. The highest BCUT2D eigenvalue weighted by Crippen LogP contribution is 2.23. The molecule has 1 heterocycles. The normalized spacial score (nSPS) is 23.2. The first-order chi connectivity index (χ1) is 4.97. The molecule has 1 fully saturated rings. The second-order valence-electron chi connectivity index (χ2n) is 2.41. The molecule has 0 bridgehead atoms. The van der Waals surface area contributed by atoms with E-state index in [1.807, 2.05) is 0 Å². The van der Waals surface area contributed by atoms with E-state index in [1.165, 1.54) is 0 Å². The second-order valence-corrected chi connectivity index (χ2v) is 2.41. The fraction of sp³-hybridized carbons (Fsp3) is 0.500. The first-order valence-electron chi connectivity index (χ1n) is 3.63. The van der Waals surface area contributed by atoms with Gasteiger partial charge >= 0.3 is 0 Å². The highest BCUT2D eigenvalue weighted by atomic mass is 16.6. The van der Waals surface area contributed by atoms with Gasteiger partial charge in [-0.3, -0.25) is 0 Å². The Labute approximate surface area is 60.1 Å². The molecule has 2 nitrogen and oxygen atoms in total.